The molecule has 1 aromatic heterocycles. The minimum Gasteiger partial charge on any atom is -0.381 e. The third-order valence-corrected chi connectivity index (χ3v) is 3.96. The van der Waals surface area contributed by atoms with Gasteiger partial charge < -0.3 is 9.26 Å². The molecule has 1 unspecified atom stereocenters. The molecule has 0 spiro atoms. The fourth-order valence-electron chi connectivity index (χ4n) is 2.84. The fourth-order valence-corrected chi connectivity index (χ4v) is 2.84. The molecular formula is C13H20N2O2. The van der Waals surface area contributed by atoms with Gasteiger partial charge in [-0.1, -0.05) is 30.8 Å². The average Bonchev–Trinajstić information content (AvgIpc) is 2.95. The van der Waals surface area contributed by atoms with E-state index in [-0.39, 0.29) is 0 Å². The highest BCUT2D eigenvalue weighted by atomic mass is 16.5. The summed E-state index contributed by atoms with van der Waals surface area (Å²) in [6.45, 7) is 1.58. The topological polar surface area (TPSA) is 48.2 Å². The summed E-state index contributed by atoms with van der Waals surface area (Å²) in [5, 5.41) is 4.14. The molecule has 3 rings (SSSR count). The van der Waals surface area contributed by atoms with Gasteiger partial charge in [0.15, 0.2) is 5.82 Å². The van der Waals surface area contributed by atoms with Crippen LogP contribution in [0.3, 0.4) is 0 Å². The number of nitrogens with zero attached hydrogens (tertiary/aromatic N) is 2. The van der Waals surface area contributed by atoms with E-state index < -0.39 is 0 Å². The summed E-state index contributed by atoms with van der Waals surface area (Å²) in [4.78, 5) is 4.60. The molecule has 1 aliphatic heterocycles. The van der Waals surface area contributed by atoms with Gasteiger partial charge in [-0.05, 0) is 19.3 Å². The van der Waals surface area contributed by atoms with Gasteiger partial charge in [0.1, 0.15) is 0 Å². The van der Waals surface area contributed by atoms with Crippen molar-refractivity contribution in [3.8, 4) is 0 Å². The second kappa shape index (κ2) is 5.17. The molecular weight excluding hydrogens is 216 g/mol. The summed E-state index contributed by atoms with van der Waals surface area (Å²) < 4.78 is 10.8. The Bertz CT molecular complexity index is 350. The maximum atomic E-state index is 5.46. The van der Waals surface area contributed by atoms with Crippen LogP contribution in [0.2, 0.25) is 0 Å². The van der Waals surface area contributed by atoms with E-state index in [9.17, 15) is 0 Å². The zero-order chi connectivity index (χ0) is 11.5. The smallest absolute Gasteiger partial charge is 0.229 e. The Labute approximate surface area is 102 Å². The summed E-state index contributed by atoms with van der Waals surface area (Å²) in [5.74, 6) is 2.59. The molecule has 1 atom stereocenters. The molecule has 0 amide bonds. The van der Waals surface area contributed by atoms with Crippen molar-refractivity contribution in [3.05, 3.63) is 11.7 Å². The average molecular weight is 236 g/mol. The highest BCUT2D eigenvalue weighted by Gasteiger charge is 2.26. The van der Waals surface area contributed by atoms with Crippen LogP contribution >= 0.6 is 0 Å². The summed E-state index contributed by atoms with van der Waals surface area (Å²) in [7, 11) is 0. The van der Waals surface area contributed by atoms with Crippen molar-refractivity contribution in [2.75, 3.05) is 13.2 Å². The standard InChI is InChI=1S/C13H20N2O2/c1-2-4-6-10(5-3-1)13-14-12(15-17-13)11-7-8-16-9-11/h10-11H,1-9H2. The van der Waals surface area contributed by atoms with Crippen LogP contribution in [0.4, 0.5) is 0 Å². The lowest BCUT2D eigenvalue weighted by molar-refractivity contribution is 0.192. The van der Waals surface area contributed by atoms with Crippen LogP contribution in [0.5, 0.6) is 0 Å². The van der Waals surface area contributed by atoms with Crippen LogP contribution in [0, 0.1) is 0 Å². The van der Waals surface area contributed by atoms with Crippen LogP contribution in [0.25, 0.3) is 0 Å². The van der Waals surface area contributed by atoms with Gasteiger partial charge in [-0.15, -0.1) is 0 Å². The summed E-state index contributed by atoms with van der Waals surface area (Å²) in [5.41, 5.74) is 0. The van der Waals surface area contributed by atoms with E-state index in [4.69, 9.17) is 9.26 Å². The fraction of sp³-hybridized carbons (Fsp3) is 0.846. The van der Waals surface area contributed by atoms with Gasteiger partial charge in [0.2, 0.25) is 5.89 Å². The highest BCUT2D eigenvalue weighted by Crippen LogP contribution is 2.32. The van der Waals surface area contributed by atoms with Gasteiger partial charge in [0, 0.05) is 18.4 Å². The Hall–Kier alpha value is -0.900. The van der Waals surface area contributed by atoms with E-state index in [0.717, 1.165) is 31.3 Å². The van der Waals surface area contributed by atoms with Crippen LogP contribution in [0.15, 0.2) is 4.52 Å². The van der Waals surface area contributed by atoms with E-state index in [2.05, 4.69) is 10.1 Å². The zero-order valence-corrected chi connectivity index (χ0v) is 10.2. The molecule has 2 aliphatic rings. The van der Waals surface area contributed by atoms with Crippen molar-refractivity contribution in [2.45, 2.75) is 56.8 Å². The SMILES string of the molecule is C1CCCC(c2nc(C3CCOC3)no2)CC1. The maximum absolute atomic E-state index is 5.46. The number of rotatable bonds is 2. The van der Waals surface area contributed by atoms with E-state index in [0.29, 0.717) is 11.8 Å². The number of aromatic nitrogens is 2. The minimum atomic E-state index is 0.360. The molecule has 0 radical (unpaired) electrons. The third kappa shape index (κ3) is 2.51. The van der Waals surface area contributed by atoms with E-state index in [1.54, 1.807) is 0 Å². The minimum absolute atomic E-state index is 0.360. The summed E-state index contributed by atoms with van der Waals surface area (Å²) in [6.07, 6.45) is 8.76. The third-order valence-electron chi connectivity index (χ3n) is 3.96. The van der Waals surface area contributed by atoms with Gasteiger partial charge in [0.25, 0.3) is 0 Å². The Morgan fingerprint density at radius 2 is 1.76 bits per heavy atom. The first kappa shape index (κ1) is 11.2. The molecule has 4 nitrogen and oxygen atoms in total. The zero-order valence-electron chi connectivity index (χ0n) is 10.2. The second-order valence-electron chi connectivity index (χ2n) is 5.24. The molecule has 1 aliphatic carbocycles. The molecule has 0 bridgehead atoms. The van der Waals surface area contributed by atoms with Crippen LogP contribution < -0.4 is 0 Å². The molecule has 4 heteroatoms. The predicted octanol–water partition coefficient (Wildman–Crippen LogP) is 3.01. The van der Waals surface area contributed by atoms with Crippen LogP contribution in [0.1, 0.15) is 68.5 Å². The van der Waals surface area contributed by atoms with Crippen LogP contribution in [-0.4, -0.2) is 23.4 Å². The van der Waals surface area contributed by atoms with E-state index in [1.165, 1.54) is 38.5 Å². The molecule has 0 aromatic carbocycles. The van der Waals surface area contributed by atoms with Gasteiger partial charge in [-0.25, -0.2) is 0 Å². The number of hydrogen-bond acceptors (Lipinski definition) is 4. The Morgan fingerprint density at radius 3 is 2.47 bits per heavy atom. The van der Waals surface area contributed by atoms with Gasteiger partial charge in [-0.3, -0.25) is 0 Å². The second-order valence-corrected chi connectivity index (χ2v) is 5.24. The Morgan fingerprint density at radius 1 is 0.941 bits per heavy atom. The molecule has 0 N–H and O–H groups in total. The summed E-state index contributed by atoms with van der Waals surface area (Å²) >= 11 is 0. The van der Waals surface area contributed by atoms with Gasteiger partial charge in [0.05, 0.1) is 6.61 Å². The Kier molecular flexibility index (Phi) is 3.41. The summed E-state index contributed by atoms with van der Waals surface area (Å²) in [6, 6.07) is 0. The molecule has 17 heavy (non-hydrogen) atoms. The van der Waals surface area contributed by atoms with Crippen molar-refractivity contribution in [1.82, 2.24) is 10.1 Å². The lowest BCUT2D eigenvalue weighted by Crippen LogP contribution is -2.02. The normalized spacial score (nSPS) is 27.2. The highest BCUT2D eigenvalue weighted by molar-refractivity contribution is 5.01. The Balaban J connectivity index is 1.70. The molecule has 2 fully saturated rings. The predicted molar refractivity (Wildman–Crippen MR) is 62.9 cm³/mol. The molecule has 1 aromatic rings. The number of ether oxygens (including phenoxy) is 1. The molecule has 1 saturated carbocycles. The first-order valence-corrected chi connectivity index (χ1v) is 6.85. The van der Waals surface area contributed by atoms with Crippen molar-refractivity contribution >= 4 is 0 Å². The first-order valence-electron chi connectivity index (χ1n) is 6.85. The van der Waals surface area contributed by atoms with Gasteiger partial charge in [-0.2, -0.15) is 4.98 Å². The largest absolute Gasteiger partial charge is 0.381 e. The van der Waals surface area contributed by atoms with Crippen molar-refractivity contribution in [1.29, 1.82) is 0 Å². The van der Waals surface area contributed by atoms with Gasteiger partial charge >= 0.3 is 0 Å². The van der Waals surface area contributed by atoms with Crippen molar-refractivity contribution < 1.29 is 9.26 Å². The van der Waals surface area contributed by atoms with Crippen molar-refractivity contribution in [3.63, 3.8) is 0 Å². The first-order chi connectivity index (χ1) is 8.43. The molecule has 2 heterocycles. The molecule has 94 valence electrons. The van der Waals surface area contributed by atoms with Crippen LogP contribution in [-0.2, 0) is 4.74 Å². The van der Waals surface area contributed by atoms with E-state index >= 15 is 0 Å². The van der Waals surface area contributed by atoms with Crippen molar-refractivity contribution in [2.24, 2.45) is 0 Å². The lowest BCUT2D eigenvalue weighted by Gasteiger charge is -2.07. The van der Waals surface area contributed by atoms with E-state index in [1.807, 2.05) is 0 Å². The maximum Gasteiger partial charge on any atom is 0.229 e. The quantitative estimate of drug-likeness (QED) is 0.740. The number of hydrogen-bond donors (Lipinski definition) is 0. The lowest BCUT2D eigenvalue weighted by atomic mass is 10.0. The monoisotopic (exact) mass is 236 g/mol. The molecule has 1 saturated heterocycles.